The Bertz CT molecular complexity index is 997. The minimum atomic E-state index is -4.02. The first-order chi connectivity index (χ1) is 14.9. The number of rotatable bonds is 9. The highest BCUT2D eigenvalue weighted by Gasteiger charge is 2.23. The number of anilines is 1. The average Bonchev–Trinajstić information content (AvgIpc) is 2.78. The smallest absolute Gasteiger partial charge is 0.262 e. The lowest BCUT2D eigenvalue weighted by atomic mass is 10.0. The fourth-order valence-electron chi connectivity index (χ4n) is 3.81. The molecule has 1 aliphatic rings. The number of piperidine rings is 1. The first-order valence-corrected chi connectivity index (χ1v) is 12.3. The van der Waals surface area contributed by atoms with Crippen molar-refractivity contribution in [2.45, 2.75) is 50.0 Å². The van der Waals surface area contributed by atoms with E-state index in [1.165, 1.54) is 42.8 Å². The van der Waals surface area contributed by atoms with Gasteiger partial charge in [-0.2, -0.15) is 0 Å². The summed E-state index contributed by atoms with van der Waals surface area (Å²) in [5, 5.41) is 2.96. The van der Waals surface area contributed by atoms with E-state index in [1.54, 1.807) is 12.1 Å². The number of para-hydroxylation sites is 1. The molecule has 1 atom stereocenters. The van der Waals surface area contributed by atoms with Gasteiger partial charge in [0.05, 0.1) is 10.6 Å². The van der Waals surface area contributed by atoms with Crippen LogP contribution in [0.1, 0.15) is 49.4 Å². The molecular formula is C23H30FN3O3S. The SMILES string of the molecule is CCCCN1CCCCC1CNC(=O)c1cccc(S(=O)(=O)Nc2ccccc2F)c1. The quantitative estimate of drug-likeness (QED) is 0.609. The Hall–Kier alpha value is -2.45. The van der Waals surface area contributed by atoms with E-state index < -0.39 is 15.8 Å². The summed E-state index contributed by atoms with van der Waals surface area (Å²) in [6.07, 6.45) is 5.66. The number of sulfonamides is 1. The van der Waals surface area contributed by atoms with Gasteiger partial charge in [-0.05, 0) is 62.7 Å². The minimum Gasteiger partial charge on any atom is -0.350 e. The molecule has 2 aromatic carbocycles. The number of halogens is 1. The number of benzene rings is 2. The summed E-state index contributed by atoms with van der Waals surface area (Å²) in [5.41, 5.74) is 0.120. The zero-order valence-electron chi connectivity index (χ0n) is 17.8. The van der Waals surface area contributed by atoms with E-state index in [0.29, 0.717) is 12.6 Å². The molecule has 168 valence electrons. The van der Waals surface area contributed by atoms with Crippen LogP contribution in [0.5, 0.6) is 0 Å². The summed E-state index contributed by atoms with van der Waals surface area (Å²) >= 11 is 0. The van der Waals surface area contributed by atoms with E-state index in [2.05, 4.69) is 21.9 Å². The molecule has 1 saturated heterocycles. The lowest BCUT2D eigenvalue weighted by Crippen LogP contribution is -2.47. The molecule has 0 bridgehead atoms. The summed E-state index contributed by atoms with van der Waals surface area (Å²) in [7, 11) is -4.02. The molecular weight excluding hydrogens is 417 g/mol. The number of carbonyl (C=O) groups excluding carboxylic acids is 1. The molecule has 1 heterocycles. The van der Waals surface area contributed by atoms with Crippen molar-refractivity contribution < 1.29 is 17.6 Å². The highest BCUT2D eigenvalue weighted by Crippen LogP contribution is 2.20. The molecule has 0 radical (unpaired) electrons. The predicted octanol–water partition coefficient (Wildman–Crippen LogP) is 4.01. The average molecular weight is 448 g/mol. The van der Waals surface area contributed by atoms with Gasteiger partial charge in [0.2, 0.25) is 0 Å². The molecule has 1 aliphatic heterocycles. The molecule has 6 nitrogen and oxygen atoms in total. The highest BCUT2D eigenvalue weighted by atomic mass is 32.2. The zero-order valence-corrected chi connectivity index (χ0v) is 18.6. The maximum Gasteiger partial charge on any atom is 0.262 e. The third-order valence-corrected chi connectivity index (χ3v) is 6.93. The van der Waals surface area contributed by atoms with Crippen LogP contribution in [0.15, 0.2) is 53.4 Å². The van der Waals surface area contributed by atoms with Crippen LogP contribution in [-0.2, 0) is 10.0 Å². The van der Waals surface area contributed by atoms with Crippen LogP contribution >= 0.6 is 0 Å². The number of nitrogens with one attached hydrogen (secondary N) is 2. The Morgan fingerprint density at radius 2 is 1.97 bits per heavy atom. The summed E-state index contributed by atoms with van der Waals surface area (Å²) in [5.74, 6) is -0.982. The van der Waals surface area contributed by atoms with Gasteiger partial charge in [0.25, 0.3) is 15.9 Å². The Morgan fingerprint density at radius 3 is 2.74 bits per heavy atom. The summed E-state index contributed by atoms with van der Waals surface area (Å²) in [6, 6.07) is 11.6. The normalized spacial score (nSPS) is 17.3. The first-order valence-electron chi connectivity index (χ1n) is 10.8. The Kier molecular flexibility index (Phi) is 8.03. The number of amides is 1. The summed E-state index contributed by atoms with van der Waals surface area (Å²) < 4.78 is 41.4. The number of likely N-dealkylation sites (tertiary alicyclic amines) is 1. The fourth-order valence-corrected chi connectivity index (χ4v) is 4.92. The van der Waals surface area contributed by atoms with Crippen molar-refractivity contribution in [3.05, 3.63) is 59.9 Å². The minimum absolute atomic E-state index is 0.0920. The van der Waals surface area contributed by atoms with Gasteiger partial charge >= 0.3 is 0 Å². The van der Waals surface area contributed by atoms with Gasteiger partial charge in [-0.25, -0.2) is 12.8 Å². The van der Waals surface area contributed by atoms with Crippen LogP contribution < -0.4 is 10.0 Å². The van der Waals surface area contributed by atoms with Crippen molar-refractivity contribution in [1.29, 1.82) is 0 Å². The molecule has 0 aromatic heterocycles. The number of unbranched alkanes of at least 4 members (excludes halogenated alkanes) is 1. The van der Waals surface area contributed by atoms with E-state index in [9.17, 15) is 17.6 Å². The molecule has 1 unspecified atom stereocenters. The van der Waals surface area contributed by atoms with Gasteiger partial charge in [0.15, 0.2) is 0 Å². The molecule has 31 heavy (non-hydrogen) atoms. The van der Waals surface area contributed by atoms with Crippen molar-refractivity contribution in [1.82, 2.24) is 10.2 Å². The Balaban J connectivity index is 1.66. The van der Waals surface area contributed by atoms with Crippen molar-refractivity contribution >= 4 is 21.6 Å². The molecule has 2 N–H and O–H groups in total. The van der Waals surface area contributed by atoms with E-state index >= 15 is 0 Å². The van der Waals surface area contributed by atoms with Gasteiger partial charge in [0, 0.05) is 18.2 Å². The molecule has 0 spiro atoms. The van der Waals surface area contributed by atoms with Crippen molar-refractivity contribution in [2.75, 3.05) is 24.4 Å². The maximum absolute atomic E-state index is 13.8. The van der Waals surface area contributed by atoms with Crippen LogP contribution in [0.2, 0.25) is 0 Å². The third-order valence-electron chi connectivity index (χ3n) is 5.57. The van der Waals surface area contributed by atoms with Crippen LogP contribution in [0, 0.1) is 5.82 Å². The summed E-state index contributed by atoms with van der Waals surface area (Å²) in [6.45, 7) is 4.79. The molecule has 1 amide bonds. The molecule has 2 aromatic rings. The maximum atomic E-state index is 13.8. The third kappa shape index (κ3) is 6.27. The zero-order chi connectivity index (χ0) is 22.3. The van der Waals surface area contributed by atoms with Gasteiger partial charge < -0.3 is 5.32 Å². The van der Waals surface area contributed by atoms with Gasteiger partial charge in [-0.1, -0.05) is 38.0 Å². The first kappa shape index (κ1) is 23.2. The second-order valence-electron chi connectivity index (χ2n) is 7.86. The molecule has 8 heteroatoms. The van der Waals surface area contributed by atoms with Crippen LogP contribution in [0.25, 0.3) is 0 Å². The largest absolute Gasteiger partial charge is 0.350 e. The van der Waals surface area contributed by atoms with Crippen molar-refractivity contribution in [2.24, 2.45) is 0 Å². The van der Waals surface area contributed by atoms with E-state index in [-0.39, 0.29) is 22.1 Å². The van der Waals surface area contributed by atoms with Crippen molar-refractivity contribution in [3.63, 3.8) is 0 Å². The molecule has 1 fully saturated rings. The number of carbonyl (C=O) groups is 1. The standard InChI is InChI=1S/C23H30FN3O3S/c1-2-3-14-27-15-7-6-10-19(27)17-25-23(28)18-9-8-11-20(16-18)31(29,30)26-22-13-5-4-12-21(22)24/h4-5,8-9,11-13,16,19,26H,2-3,6-7,10,14-15,17H2,1H3,(H,25,28). The van der Waals surface area contributed by atoms with Gasteiger partial charge in [0.1, 0.15) is 5.82 Å². The lowest BCUT2D eigenvalue weighted by molar-refractivity contribution is 0.0912. The second kappa shape index (κ2) is 10.7. The second-order valence-corrected chi connectivity index (χ2v) is 9.54. The topological polar surface area (TPSA) is 78.5 Å². The number of hydrogen-bond donors (Lipinski definition) is 2. The van der Waals surface area contributed by atoms with Crippen LogP contribution in [-0.4, -0.2) is 44.9 Å². The molecule has 0 aliphatic carbocycles. The predicted molar refractivity (Wildman–Crippen MR) is 120 cm³/mol. The van der Waals surface area contributed by atoms with Crippen LogP contribution in [0.3, 0.4) is 0 Å². The van der Waals surface area contributed by atoms with E-state index in [1.807, 2.05) is 0 Å². The van der Waals surface area contributed by atoms with E-state index in [0.717, 1.165) is 38.8 Å². The lowest BCUT2D eigenvalue weighted by Gasteiger charge is -2.35. The van der Waals surface area contributed by atoms with E-state index in [4.69, 9.17) is 0 Å². The van der Waals surface area contributed by atoms with Gasteiger partial charge in [-0.15, -0.1) is 0 Å². The Labute approximate surface area is 183 Å². The number of nitrogens with zero attached hydrogens (tertiary/aromatic N) is 1. The van der Waals surface area contributed by atoms with Crippen LogP contribution in [0.4, 0.5) is 10.1 Å². The highest BCUT2D eigenvalue weighted by molar-refractivity contribution is 7.92. The summed E-state index contributed by atoms with van der Waals surface area (Å²) in [4.78, 5) is 15.0. The van der Waals surface area contributed by atoms with Gasteiger partial charge in [-0.3, -0.25) is 14.4 Å². The molecule has 0 saturated carbocycles. The molecule has 3 rings (SSSR count). The Morgan fingerprint density at radius 1 is 1.16 bits per heavy atom. The van der Waals surface area contributed by atoms with Crippen molar-refractivity contribution in [3.8, 4) is 0 Å². The number of hydrogen-bond acceptors (Lipinski definition) is 4. The fraction of sp³-hybridized carbons (Fsp3) is 0.435. The monoisotopic (exact) mass is 447 g/mol.